The molecule has 30 heavy (non-hydrogen) atoms. The second kappa shape index (κ2) is 7.47. The van der Waals surface area contributed by atoms with Crippen molar-refractivity contribution in [3.8, 4) is 0 Å². The summed E-state index contributed by atoms with van der Waals surface area (Å²) < 4.78 is 78.2. The molecule has 2 aromatic carbocycles. The summed E-state index contributed by atoms with van der Waals surface area (Å²) in [5, 5.41) is -0.0561. The number of fused-ring (bicyclic) bond motifs is 1. The third-order valence-corrected chi connectivity index (χ3v) is 7.21. The molecule has 0 bridgehead atoms. The summed E-state index contributed by atoms with van der Waals surface area (Å²) in [4.78, 5) is 6.52. The largest absolute Gasteiger partial charge is 0.369 e. The van der Waals surface area contributed by atoms with Gasteiger partial charge in [0.1, 0.15) is 5.52 Å². The number of nitrogens with zero attached hydrogens (tertiary/aromatic N) is 1. The second-order valence-electron chi connectivity index (χ2n) is 7.05. The van der Waals surface area contributed by atoms with E-state index in [1.807, 2.05) is 0 Å². The van der Waals surface area contributed by atoms with Crippen LogP contribution in [0.25, 0.3) is 16.6 Å². The molecule has 0 aliphatic rings. The van der Waals surface area contributed by atoms with Gasteiger partial charge in [0.25, 0.3) is 0 Å². The van der Waals surface area contributed by atoms with Crippen LogP contribution in [-0.4, -0.2) is 38.3 Å². The minimum absolute atomic E-state index is 0.0419. The zero-order valence-electron chi connectivity index (χ0n) is 16.3. The van der Waals surface area contributed by atoms with Gasteiger partial charge in [-0.3, -0.25) is 0 Å². The van der Waals surface area contributed by atoms with E-state index in [1.165, 1.54) is 38.1 Å². The maximum Gasteiger partial charge on any atom is 0.198 e. The number of rotatable bonds is 5. The number of aromatic amines is 1. The Bertz CT molecular complexity index is 1390. The number of benzene rings is 2. The number of nitrogens with two attached hydrogens (primary N) is 1. The highest BCUT2D eigenvalue weighted by Gasteiger charge is 2.26. The molecule has 1 heterocycles. The van der Waals surface area contributed by atoms with E-state index in [0.717, 1.165) is 17.7 Å². The van der Waals surface area contributed by atoms with Gasteiger partial charge in [-0.15, -0.1) is 0 Å². The summed E-state index contributed by atoms with van der Waals surface area (Å²) >= 11 is 0. The number of imidazole rings is 1. The monoisotopic (exact) mass is 455 g/mol. The summed E-state index contributed by atoms with van der Waals surface area (Å²) in [6, 6.07) is 5.91. The lowest BCUT2D eigenvalue weighted by Crippen LogP contribution is -2.15. The standard InChI is InChI=1S/C19H19F2N3O4S2/c1-10(2)30(27,28)16-8-11(7-15-18(16)24-19(22)23-15)13(9-29(3,25)26)12-5-4-6-14(20)17(12)21/h4-10H,1-3H3,(H3,22,23,24). The van der Waals surface area contributed by atoms with Gasteiger partial charge in [-0.25, -0.2) is 30.6 Å². The van der Waals surface area contributed by atoms with Gasteiger partial charge in [0.15, 0.2) is 37.3 Å². The molecule has 0 saturated heterocycles. The Balaban J connectivity index is 2.45. The molecule has 11 heteroatoms. The summed E-state index contributed by atoms with van der Waals surface area (Å²) in [6.07, 6.45) is 0.892. The van der Waals surface area contributed by atoms with Crippen molar-refractivity contribution in [1.82, 2.24) is 9.97 Å². The van der Waals surface area contributed by atoms with E-state index in [-0.39, 0.29) is 38.6 Å². The molecule has 0 unspecified atom stereocenters. The van der Waals surface area contributed by atoms with Gasteiger partial charge in [-0.2, -0.15) is 0 Å². The smallest absolute Gasteiger partial charge is 0.198 e. The second-order valence-corrected chi connectivity index (χ2v) is 11.4. The number of nitrogen functional groups attached to an aromatic ring is 1. The predicted octanol–water partition coefficient (Wildman–Crippen LogP) is 3.04. The first-order chi connectivity index (χ1) is 13.8. The number of hydrogen-bond acceptors (Lipinski definition) is 6. The van der Waals surface area contributed by atoms with Crippen LogP contribution in [0.15, 0.2) is 40.6 Å². The van der Waals surface area contributed by atoms with Crippen molar-refractivity contribution in [2.45, 2.75) is 24.0 Å². The molecular formula is C19H19F2N3O4S2. The fourth-order valence-electron chi connectivity index (χ4n) is 2.94. The molecule has 0 atom stereocenters. The third kappa shape index (κ3) is 4.08. The highest BCUT2D eigenvalue weighted by molar-refractivity contribution is 7.93. The Hall–Kier alpha value is -2.79. The Labute approximate surface area is 172 Å². The van der Waals surface area contributed by atoms with Crippen LogP contribution in [0.5, 0.6) is 0 Å². The predicted molar refractivity (Wildman–Crippen MR) is 111 cm³/mol. The van der Waals surface area contributed by atoms with E-state index < -0.39 is 36.6 Å². The minimum Gasteiger partial charge on any atom is -0.369 e. The molecule has 0 saturated carbocycles. The van der Waals surface area contributed by atoms with Gasteiger partial charge in [-0.05, 0) is 37.6 Å². The molecule has 0 aliphatic heterocycles. The van der Waals surface area contributed by atoms with Gasteiger partial charge in [0, 0.05) is 22.8 Å². The van der Waals surface area contributed by atoms with Crippen LogP contribution in [0.2, 0.25) is 0 Å². The van der Waals surface area contributed by atoms with Crippen LogP contribution < -0.4 is 5.73 Å². The van der Waals surface area contributed by atoms with Gasteiger partial charge in [-0.1, -0.05) is 12.1 Å². The Morgan fingerprint density at radius 3 is 2.43 bits per heavy atom. The Kier molecular flexibility index (Phi) is 5.46. The average Bonchev–Trinajstić information content (AvgIpc) is 3.00. The van der Waals surface area contributed by atoms with Crippen molar-refractivity contribution >= 4 is 42.2 Å². The Morgan fingerprint density at radius 2 is 1.83 bits per heavy atom. The summed E-state index contributed by atoms with van der Waals surface area (Å²) in [5.74, 6) is -2.48. The van der Waals surface area contributed by atoms with Crippen LogP contribution in [0.3, 0.4) is 0 Å². The van der Waals surface area contributed by atoms with Crippen molar-refractivity contribution < 1.29 is 25.6 Å². The summed E-state index contributed by atoms with van der Waals surface area (Å²) in [6.45, 7) is 2.95. The molecule has 0 aliphatic carbocycles. The Morgan fingerprint density at radius 1 is 1.17 bits per heavy atom. The SMILES string of the molecule is CC(C)S(=O)(=O)c1cc(C(=CS(C)(=O)=O)c2cccc(F)c2F)cc2[nH]c(N)nc12. The molecule has 0 spiro atoms. The first kappa shape index (κ1) is 21.9. The van der Waals surface area contributed by atoms with Crippen molar-refractivity contribution in [3.05, 3.63) is 58.5 Å². The quantitative estimate of drug-likeness (QED) is 0.610. The number of nitrogens with one attached hydrogen (secondary N) is 1. The zero-order chi connectivity index (χ0) is 22.4. The van der Waals surface area contributed by atoms with Crippen LogP contribution in [-0.2, 0) is 19.7 Å². The van der Waals surface area contributed by atoms with Crippen molar-refractivity contribution in [2.24, 2.45) is 0 Å². The van der Waals surface area contributed by atoms with Crippen molar-refractivity contribution in [2.75, 3.05) is 12.0 Å². The van der Waals surface area contributed by atoms with E-state index >= 15 is 0 Å². The fraction of sp³-hybridized carbons (Fsp3) is 0.211. The van der Waals surface area contributed by atoms with Crippen LogP contribution in [0.1, 0.15) is 25.0 Å². The minimum atomic E-state index is -3.87. The lowest BCUT2D eigenvalue weighted by atomic mass is 9.98. The molecule has 3 rings (SSSR count). The maximum atomic E-state index is 14.5. The van der Waals surface area contributed by atoms with Crippen LogP contribution >= 0.6 is 0 Å². The normalized spacial score (nSPS) is 13.3. The first-order valence-corrected chi connectivity index (χ1v) is 12.2. The van der Waals surface area contributed by atoms with E-state index in [1.54, 1.807) is 0 Å². The van der Waals surface area contributed by atoms with E-state index in [9.17, 15) is 25.6 Å². The van der Waals surface area contributed by atoms with Gasteiger partial charge >= 0.3 is 0 Å². The molecule has 3 N–H and O–H groups in total. The molecule has 7 nitrogen and oxygen atoms in total. The molecule has 0 amide bonds. The molecule has 160 valence electrons. The number of aromatic nitrogens is 2. The molecular weight excluding hydrogens is 436 g/mol. The first-order valence-electron chi connectivity index (χ1n) is 8.71. The highest BCUT2D eigenvalue weighted by Crippen LogP contribution is 2.34. The number of sulfone groups is 2. The molecule has 0 radical (unpaired) electrons. The number of H-pyrrole nitrogens is 1. The number of anilines is 1. The zero-order valence-corrected chi connectivity index (χ0v) is 17.9. The van der Waals surface area contributed by atoms with E-state index in [4.69, 9.17) is 5.73 Å². The third-order valence-electron chi connectivity index (χ3n) is 4.38. The molecule has 0 fully saturated rings. The summed E-state index contributed by atoms with van der Waals surface area (Å²) in [5.41, 5.74) is 5.47. The van der Waals surface area contributed by atoms with Crippen molar-refractivity contribution in [3.63, 3.8) is 0 Å². The van der Waals surface area contributed by atoms with Crippen LogP contribution in [0.4, 0.5) is 14.7 Å². The number of hydrogen-bond donors (Lipinski definition) is 2. The molecule has 3 aromatic rings. The fourth-order valence-corrected chi connectivity index (χ4v) is 4.86. The highest BCUT2D eigenvalue weighted by atomic mass is 32.2. The van der Waals surface area contributed by atoms with Gasteiger partial charge in [0.05, 0.1) is 15.7 Å². The molecule has 1 aromatic heterocycles. The van der Waals surface area contributed by atoms with Crippen LogP contribution in [0, 0.1) is 11.6 Å². The lowest BCUT2D eigenvalue weighted by Gasteiger charge is -2.14. The maximum absolute atomic E-state index is 14.5. The summed E-state index contributed by atoms with van der Waals surface area (Å²) in [7, 11) is -7.69. The van der Waals surface area contributed by atoms with Gasteiger partial charge in [0.2, 0.25) is 0 Å². The lowest BCUT2D eigenvalue weighted by molar-refractivity contribution is 0.506. The van der Waals surface area contributed by atoms with E-state index in [2.05, 4.69) is 9.97 Å². The number of halogens is 2. The van der Waals surface area contributed by atoms with E-state index in [0.29, 0.717) is 0 Å². The van der Waals surface area contributed by atoms with Gasteiger partial charge < -0.3 is 10.7 Å². The topological polar surface area (TPSA) is 123 Å². The average molecular weight is 456 g/mol. The van der Waals surface area contributed by atoms with Crippen molar-refractivity contribution in [1.29, 1.82) is 0 Å².